The van der Waals surface area contributed by atoms with Crippen molar-refractivity contribution in [3.63, 3.8) is 0 Å². The zero-order chi connectivity index (χ0) is 18.0. The number of piperidine rings is 1. The number of aliphatic carboxylic acids is 1. The molecule has 1 saturated heterocycles. The van der Waals surface area contributed by atoms with Crippen molar-refractivity contribution in [2.24, 2.45) is 5.92 Å². The number of hydrogen-bond acceptors (Lipinski definition) is 2. The molecule has 0 saturated carbocycles. The molecule has 2 aromatic carbocycles. The minimum Gasteiger partial charge on any atom is -0.481 e. The van der Waals surface area contributed by atoms with Crippen LogP contribution in [0, 0.1) is 11.7 Å². The van der Waals surface area contributed by atoms with Crippen molar-refractivity contribution in [2.75, 3.05) is 13.1 Å². The first-order valence-corrected chi connectivity index (χ1v) is 8.89. The van der Waals surface area contributed by atoms with Crippen LogP contribution in [-0.4, -0.2) is 29.1 Å². The van der Waals surface area contributed by atoms with Gasteiger partial charge in [0, 0.05) is 6.54 Å². The molecule has 2 atom stereocenters. The minimum atomic E-state index is -0.792. The summed E-state index contributed by atoms with van der Waals surface area (Å²) >= 11 is 12.6. The van der Waals surface area contributed by atoms with E-state index in [1.165, 1.54) is 12.1 Å². The molecule has 2 aromatic rings. The van der Waals surface area contributed by atoms with E-state index in [4.69, 9.17) is 23.2 Å². The molecule has 2 unspecified atom stereocenters. The highest BCUT2D eigenvalue weighted by Crippen LogP contribution is 2.38. The SMILES string of the molecule is O=C(O)C1CCCN(C(c2ccc(F)cc2)c2cccc(Cl)c2Cl)C1. The van der Waals surface area contributed by atoms with E-state index in [2.05, 4.69) is 4.90 Å². The molecule has 3 nitrogen and oxygen atoms in total. The van der Waals surface area contributed by atoms with E-state index in [9.17, 15) is 14.3 Å². The smallest absolute Gasteiger partial charge is 0.307 e. The van der Waals surface area contributed by atoms with Gasteiger partial charge in [-0.25, -0.2) is 4.39 Å². The Morgan fingerprint density at radius 2 is 1.92 bits per heavy atom. The average molecular weight is 382 g/mol. The standard InChI is InChI=1S/C19H18Cl2FNO2/c20-16-5-1-4-15(17(16)21)18(12-6-8-14(22)9-7-12)23-10-2-3-13(11-23)19(24)25/h1,4-9,13,18H,2-3,10-11H2,(H,24,25). The van der Waals surface area contributed by atoms with Crippen molar-refractivity contribution in [1.29, 1.82) is 0 Å². The molecule has 0 aromatic heterocycles. The molecule has 3 rings (SSSR count). The molecule has 0 radical (unpaired) electrons. The summed E-state index contributed by atoms with van der Waals surface area (Å²) in [6.45, 7) is 1.16. The predicted molar refractivity (Wildman–Crippen MR) is 96.6 cm³/mol. The Morgan fingerprint density at radius 1 is 1.20 bits per heavy atom. The lowest BCUT2D eigenvalue weighted by molar-refractivity contribution is -0.143. The van der Waals surface area contributed by atoms with Gasteiger partial charge in [0.15, 0.2) is 0 Å². The summed E-state index contributed by atoms with van der Waals surface area (Å²) in [6, 6.07) is 11.4. The number of carboxylic acids is 1. The number of carbonyl (C=O) groups is 1. The van der Waals surface area contributed by atoms with E-state index >= 15 is 0 Å². The molecule has 1 aliphatic heterocycles. The van der Waals surface area contributed by atoms with Crippen molar-refractivity contribution in [2.45, 2.75) is 18.9 Å². The maximum absolute atomic E-state index is 13.4. The Morgan fingerprint density at radius 3 is 2.60 bits per heavy atom. The number of hydrogen-bond donors (Lipinski definition) is 1. The van der Waals surface area contributed by atoms with Gasteiger partial charge in [0.1, 0.15) is 5.82 Å². The van der Waals surface area contributed by atoms with Gasteiger partial charge < -0.3 is 5.11 Å². The van der Waals surface area contributed by atoms with Gasteiger partial charge in [-0.05, 0) is 48.7 Å². The first-order valence-electron chi connectivity index (χ1n) is 8.13. The van der Waals surface area contributed by atoms with Gasteiger partial charge in [0.25, 0.3) is 0 Å². The summed E-state index contributed by atoms with van der Waals surface area (Å²) in [5.74, 6) is -1.53. The van der Waals surface area contributed by atoms with Gasteiger partial charge in [-0.2, -0.15) is 0 Å². The Bertz CT molecular complexity index is 767. The van der Waals surface area contributed by atoms with Gasteiger partial charge in [-0.3, -0.25) is 9.69 Å². The second-order valence-corrected chi connectivity index (χ2v) is 7.05. The van der Waals surface area contributed by atoms with Crippen LogP contribution in [-0.2, 0) is 4.79 Å². The van der Waals surface area contributed by atoms with Crippen LogP contribution in [0.1, 0.15) is 30.0 Å². The Labute approximate surface area is 156 Å². The normalized spacial score (nSPS) is 19.6. The zero-order valence-electron chi connectivity index (χ0n) is 13.5. The number of halogens is 3. The molecule has 1 heterocycles. The van der Waals surface area contributed by atoms with Crippen LogP contribution in [0.2, 0.25) is 10.0 Å². The zero-order valence-corrected chi connectivity index (χ0v) is 15.0. The fourth-order valence-electron chi connectivity index (χ4n) is 3.41. The molecule has 0 amide bonds. The van der Waals surface area contributed by atoms with Crippen LogP contribution in [0.3, 0.4) is 0 Å². The Balaban J connectivity index is 2.04. The van der Waals surface area contributed by atoms with Crippen LogP contribution in [0.5, 0.6) is 0 Å². The van der Waals surface area contributed by atoms with E-state index in [0.717, 1.165) is 24.1 Å². The molecule has 1 N–H and O–H groups in total. The van der Waals surface area contributed by atoms with Crippen molar-refractivity contribution < 1.29 is 14.3 Å². The summed E-state index contributed by atoms with van der Waals surface area (Å²) in [5, 5.41) is 10.3. The van der Waals surface area contributed by atoms with E-state index in [0.29, 0.717) is 23.0 Å². The Hall–Kier alpha value is -1.62. The van der Waals surface area contributed by atoms with Gasteiger partial charge in [-0.15, -0.1) is 0 Å². The molecule has 0 aliphatic carbocycles. The number of benzene rings is 2. The lowest BCUT2D eigenvalue weighted by Gasteiger charge is -2.38. The first-order chi connectivity index (χ1) is 12.0. The summed E-state index contributed by atoms with van der Waals surface area (Å²) in [5.41, 5.74) is 1.66. The lowest BCUT2D eigenvalue weighted by Crippen LogP contribution is -2.41. The van der Waals surface area contributed by atoms with Gasteiger partial charge in [0.05, 0.1) is 22.0 Å². The second-order valence-electron chi connectivity index (χ2n) is 6.27. The molecule has 1 fully saturated rings. The number of carboxylic acid groups (broad SMARTS) is 1. The van der Waals surface area contributed by atoms with Gasteiger partial charge in [-0.1, -0.05) is 47.5 Å². The summed E-state index contributed by atoms with van der Waals surface area (Å²) in [6.07, 6.45) is 1.44. The molecular weight excluding hydrogens is 364 g/mol. The quantitative estimate of drug-likeness (QED) is 0.808. The molecule has 6 heteroatoms. The van der Waals surface area contributed by atoms with E-state index in [1.807, 2.05) is 12.1 Å². The topological polar surface area (TPSA) is 40.5 Å². The summed E-state index contributed by atoms with van der Waals surface area (Å²) < 4.78 is 13.4. The molecule has 1 aliphatic rings. The fraction of sp³-hybridized carbons (Fsp3) is 0.316. The maximum Gasteiger partial charge on any atom is 0.307 e. The van der Waals surface area contributed by atoms with Crippen molar-refractivity contribution in [3.8, 4) is 0 Å². The third-order valence-electron chi connectivity index (χ3n) is 4.63. The monoisotopic (exact) mass is 381 g/mol. The molecule has 0 spiro atoms. The first kappa shape index (κ1) is 18.2. The van der Waals surface area contributed by atoms with E-state index in [-0.39, 0.29) is 11.9 Å². The maximum atomic E-state index is 13.4. The van der Waals surface area contributed by atoms with Crippen molar-refractivity contribution in [1.82, 2.24) is 4.90 Å². The summed E-state index contributed by atoms with van der Waals surface area (Å²) in [4.78, 5) is 13.5. The van der Waals surface area contributed by atoms with Gasteiger partial charge >= 0.3 is 5.97 Å². The van der Waals surface area contributed by atoms with Crippen molar-refractivity contribution in [3.05, 3.63) is 69.5 Å². The van der Waals surface area contributed by atoms with Crippen LogP contribution in [0.25, 0.3) is 0 Å². The average Bonchev–Trinajstić information content (AvgIpc) is 2.61. The summed E-state index contributed by atoms with van der Waals surface area (Å²) in [7, 11) is 0. The molecular formula is C19H18Cl2FNO2. The number of likely N-dealkylation sites (tertiary alicyclic amines) is 1. The Kier molecular flexibility index (Phi) is 5.62. The highest BCUT2D eigenvalue weighted by atomic mass is 35.5. The van der Waals surface area contributed by atoms with Crippen LogP contribution < -0.4 is 0 Å². The lowest BCUT2D eigenvalue weighted by atomic mass is 9.91. The molecule has 0 bridgehead atoms. The van der Waals surface area contributed by atoms with Crippen LogP contribution in [0.4, 0.5) is 4.39 Å². The van der Waals surface area contributed by atoms with Gasteiger partial charge in [0.2, 0.25) is 0 Å². The van der Waals surface area contributed by atoms with Crippen molar-refractivity contribution >= 4 is 29.2 Å². The number of rotatable bonds is 4. The highest BCUT2D eigenvalue weighted by molar-refractivity contribution is 6.42. The predicted octanol–water partition coefficient (Wildman–Crippen LogP) is 5.02. The minimum absolute atomic E-state index is 0.269. The van der Waals surface area contributed by atoms with Crippen LogP contribution >= 0.6 is 23.2 Å². The highest BCUT2D eigenvalue weighted by Gasteiger charge is 2.32. The van der Waals surface area contributed by atoms with E-state index in [1.54, 1.807) is 18.2 Å². The fourth-order valence-corrected chi connectivity index (χ4v) is 3.82. The van der Waals surface area contributed by atoms with E-state index < -0.39 is 11.9 Å². The largest absolute Gasteiger partial charge is 0.481 e. The molecule has 25 heavy (non-hydrogen) atoms. The van der Waals surface area contributed by atoms with Crippen LogP contribution in [0.15, 0.2) is 42.5 Å². The second kappa shape index (κ2) is 7.73. The third kappa shape index (κ3) is 3.97. The number of nitrogens with zero attached hydrogens (tertiary/aromatic N) is 1. The molecule has 132 valence electrons. The third-order valence-corrected chi connectivity index (χ3v) is 5.46.